The second-order valence-corrected chi connectivity index (χ2v) is 9.71. The predicted molar refractivity (Wildman–Crippen MR) is 150 cm³/mol. The van der Waals surface area contributed by atoms with Crippen LogP contribution in [0.1, 0.15) is 34.4 Å². The van der Waals surface area contributed by atoms with Gasteiger partial charge in [-0.1, -0.05) is 59.8 Å². The lowest BCUT2D eigenvalue weighted by atomic mass is 9.98. The Bertz CT molecular complexity index is 2030. The van der Waals surface area contributed by atoms with E-state index in [0.29, 0.717) is 33.9 Å². The summed E-state index contributed by atoms with van der Waals surface area (Å²) in [5, 5.41) is 13.7. The minimum Gasteiger partial charge on any atom is -0.478 e. The standard InChI is InChI=1S/C30H24N4O8/c1-16(14-24-17(2)40-30(38)41-24)39-28-31-23-9-5-8-22(27(35)36)25(23)34(28)15-18-10-12-19(13-11-18)20-6-3-4-7-21(20)26-32-29(37)42-33-26/h3-13,16H,14-15H2,1-2H3,(H,35,36)(H,32,33,37). The van der Waals surface area contributed by atoms with Crippen LogP contribution in [0.3, 0.4) is 0 Å². The maximum atomic E-state index is 12.1. The quantitative estimate of drug-likeness (QED) is 0.250. The fourth-order valence-electron chi connectivity index (χ4n) is 4.88. The number of para-hydroxylation sites is 1. The predicted octanol–water partition coefficient (Wildman–Crippen LogP) is 4.66. The van der Waals surface area contributed by atoms with Gasteiger partial charge in [-0.3, -0.25) is 14.1 Å². The maximum absolute atomic E-state index is 12.1. The van der Waals surface area contributed by atoms with Crippen LogP contribution in [-0.4, -0.2) is 36.9 Å². The molecule has 0 saturated heterocycles. The van der Waals surface area contributed by atoms with E-state index in [1.54, 1.807) is 30.5 Å². The van der Waals surface area contributed by atoms with Gasteiger partial charge in [0, 0.05) is 12.0 Å². The number of hydrogen-bond donors (Lipinski definition) is 2. The van der Waals surface area contributed by atoms with Gasteiger partial charge in [-0.25, -0.2) is 14.4 Å². The molecule has 3 aromatic heterocycles. The highest BCUT2D eigenvalue weighted by Crippen LogP contribution is 2.31. The summed E-state index contributed by atoms with van der Waals surface area (Å²) in [7, 11) is 0. The van der Waals surface area contributed by atoms with Crippen LogP contribution in [0.2, 0.25) is 0 Å². The molecular formula is C30H24N4O8. The molecule has 0 spiro atoms. The minimum atomic E-state index is -1.09. The molecule has 0 amide bonds. The molecule has 1 atom stereocenters. The molecule has 6 aromatic rings. The molecule has 0 saturated carbocycles. The highest BCUT2D eigenvalue weighted by atomic mass is 16.6. The summed E-state index contributed by atoms with van der Waals surface area (Å²) in [6, 6.07) is 20.3. The number of imidazole rings is 1. The number of benzene rings is 3. The number of fused-ring (bicyclic) bond motifs is 1. The minimum absolute atomic E-state index is 0.0892. The third-order valence-corrected chi connectivity index (χ3v) is 6.81. The van der Waals surface area contributed by atoms with E-state index in [1.165, 1.54) is 6.07 Å². The second-order valence-electron chi connectivity index (χ2n) is 9.71. The maximum Gasteiger partial charge on any atom is 0.519 e. The fraction of sp³-hybridized carbons (Fsp3) is 0.167. The first-order chi connectivity index (χ1) is 20.3. The van der Waals surface area contributed by atoms with Gasteiger partial charge < -0.3 is 18.7 Å². The van der Waals surface area contributed by atoms with Gasteiger partial charge in [-0.15, -0.1) is 0 Å². The van der Waals surface area contributed by atoms with Crippen molar-refractivity contribution in [3.8, 4) is 28.5 Å². The van der Waals surface area contributed by atoms with Crippen LogP contribution in [0.15, 0.2) is 89.7 Å². The van der Waals surface area contributed by atoms with Crippen LogP contribution in [0.4, 0.5) is 0 Å². The van der Waals surface area contributed by atoms with E-state index in [0.717, 1.165) is 16.7 Å². The zero-order chi connectivity index (χ0) is 29.4. The Morgan fingerprint density at radius 2 is 1.79 bits per heavy atom. The number of hydrogen-bond acceptors (Lipinski definition) is 9. The first kappa shape index (κ1) is 26.6. The number of nitrogens with zero attached hydrogens (tertiary/aromatic N) is 3. The van der Waals surface area contributed by atoms with Crippen molar-refractivity contribution in [1.82, 2.24) is 19.7 Å². The lowest BCUT2D eigenvalue weighted by molar-refractivity contribution is 0.0698. The topological polar surface area (TPSA) is 167 Å². The van der Waals surface area contributed by atoms with Crippen LogP contribution >= 0.6 is 0 Å². The molecule has 3 aromatic carbocycles. The van der Waals surface area contributed by atoms with Crippen molar-refractivity contribution in [2.24, 2.45) is 0 Å². The van der Waals surface area contributed by atoms with Crippen LogP contribution in [0.25, 0.3) is 33.5 Å². The van der Waals surface area contributed by atoms with Gasteiger partial charge in [-0.05, 0) is 42.7 Å². The van der Waals surface area contributed by atoms with Crippen molar-refractivity contribution in [3.63, 3.8) is 0 Å². The normalized spacial score (nSPS) is 12.0. The van der Waals surface area contributed by atoms with E-state index in [-0.39, 0.29) is 24.5 Å². The number of carboxylic acid groups (broad SMARTS) is 1. The second kappa shape index (κ2) is 10.7. The van der Waals surface area contributed by atoms with Gasteiger partial charge in [-0.2, -0.15) is 4.98 Å². The van der Waals surface area contributed by atoms with Crippen molar-refractivity contribution in [2.45, 2.75) is 32.9 Å². The van der Waals surface area contributed by atoms with Gasteiger partial charge in [0.25, 0.3) is 6.01 Å². The highest BCUT2D eigenvalue weighted by Gasteiger charge is 2.22. The molecule has 0 radical (unpaired) electrons. The average Bonchev–Trinajstić information content (AvgIpc) is 3.65. The van der Waals surface area contributed by atoms with Crippen molar-refractivity contribution in [3.05, 3.63) is 111 Å². The molecule has 42 heavy (non-hydrogen) atoms. The van der Waals surface area contributed by atoms with Crippen molar-refractivity contribution in [1.29, 1.82) is 0 Å². The zero-order valence-electron chi connectivity index (χ0n) is 22.5. The van der Waals surface area contributed by atoms with Crippen molar-refractivity contribution >= 4 is 17.0 Å². The van der Waals surface area contributed by atoms with Crippen LogP contribution in [-0.2, 0) is 13.0 Å². The molecule has 0 aliphatic carbocycles. The average molecular weight is 569 g/mol. The van der Waals surface area contributed by atoms with Gasteiger partial charge >= 0.3 is 17.5 Å². The molecule has 3 heterocycles. The molecule has 1 unspecified atom stereocenters. The Hall–Kier alpha value is -5.65. The Morgan fingerprint density at radius 1 is 1.02 bits per heavy atom. The lowest BCUT2D eigenvalue weighted by Gasteiger charge is -2.16. The first-order valence-corrected chi connectivity index (χ1v) is 13.0. The largest absolute Gasteiger partial charge is 0.519 e. The third kappa shape index (κ3) is 5.12. The molecule has 12 nitrogen and oxygen atoms in total. The van der Waals surface area contributed by atoms with Crippen LogP contribution in [0.5, 0.6) is 6.01 Å². The lowest BCUT2D eigenvalue weighted by Crippen LogP contribution is -2.18. The first-order valence-electron chi connectivity index (χ1n) is 13.0. The number of carboxylic acids is 1. The van der Waals surface area contributed by atoms with E-state index < -0.39 is 23.7 Å². The summed E-state index contributed by atoms with van der Waals surface area (Å²) in [5.41, 5.74) is 4.26. The Labute approximate surface area is 236 Å². The number of H-pyrrole nitrogens is 1. The van der Waals surface area contributed by atoms with Crippen molar-refractivity contribution in [2.75, 3.05) is 0 Å². The third-order valence-electron chi connectivity index (χ3n) is 6.81. The molecule has 6 rings (SSSR count). The van der Waals surface area contributed by atoms with E-state index in [2.05, 4.69) is 19.6 Å². The molecule has 2 N–H and O–H groups in total. The van der Waals surface area contributed by atoms with E-state index in [9.17, 15) is 19.5 Å². The zero-order valence-corrected chi connectivity index (χ0v) is 22.5. The summed E-state index contributed by atoms with van der Waals surface area (Å²) in [4.78, 5) is 42.3. The van der Waals surface area contributed by atoms with Gasteiger partial charge in [0.2, 0.25) is 0 Å². The molecular weight excluding hydrogens is 544 g/mol. The van der Waals surface area contributed by atoms with E-state index >= 15 is 0 Å². The van der Waals surface area contributed by atoms with Gasteiger partial charge in [0.05, 0.1) is 23.1 Å². The Morgan fingerprint density at radius 3 is 2.45 bits per heavy atom. The molecule has 212 valence electrons. The smallest absolute Gasteiger partial charge is 0.478 e. The van der Waals surface area contributed by atoms with Gasteiger partial charge in [0.1, 0.15) is 11.9 Å². The Kier molecular flexibility index (Phi) is 6.79. The molecule has 0 bridgehead atoms. The van der Waals surface area contributed by atoms with Crippen molar-refractivity contribution < 1.29 is 28.0 Å². The van der Waals surface area contributed by atoms with Gasteiger partial charge in [0.15, 0.2) is 11.6 Å². The number of aromatic carboxylic acids is 1. The van der Waals surface area contributed by atoms with Crippen LogP contribution < -0.4 is 16.3 Å². The molecule has 0 fully saturated rings. The summed E-state index contributed by atoms with van der Waals surface area (Å²) in [6.45, 7) is 3.69. The summed E-state index contributed by atoms with van der Waals surface area (Å²) in [6.07, 6.45) is -0.229. The SMILES string of the molecule is Cc1oc(=O)oc1CC(C)Oc1nc2cccc(C(=O)O)c2n1Cc1ccc(-c2ccccc2-c2noc(=O)[nH]2)cc1. The molecule has 0 aliphatic rings. The number of ether oxygens (including phenoxy) is 1. The van der Waals surface area contributed by atoms with E-state index in [4.69, 9.17) is 13.6 Å². The fourth-order valence-corrected chi connectivity index (χ4v) is 4.88. The monoisotopic (exact) mass is 568 g/mol. The Balaban J connectivity index is 1.34. The number of nitrogens with one attached hydrogen (secondary N) is 1. The highest BCUT2D eigenvalue weighted by molar-refractivity contribution is 6.01. The van der Waals surface area contributed by atoms with E-state index in [1.807, 2.05) is 48.5 Å². The number of rotatable bonds is 9. The number of aromatic amines is 1. The van der Waals surface area contributed by atoms with Crippen LogP contribution in [0, 0.1) is 6.92 Å². The number of aromatic nitrogens is 4. The molecule has 0 aliphatic heterocycles. The molecule has 12 heteroatoms. The number of carbonyl (C=O) groups is 1. The number of aryl methyl sites for hydroxylation is 1. The summed E-state index contributed by atoms with van der Waals surface area (Å²) >= 11 is 0. The summed E-state index contributed by atoms with van der Waals surface area (Å²) in [5.74, 6) is -1.45. The summed E-state index contributed by atoms with van der Waals surface area (Å²) < 4.78 is 22.6.